The van der Waals surface area contributed by atoms with Gasteiger partial charge in [-0.1, -0.05) is 23.8 Å². The van der Waals surface area contributed by atoms with Gasteiger partial charge < -0.3 is 10.6 Å². The number of rotatable bonds is 5. The third-order valence-corrected chi connectivity index (χ3v) is 3.38. The van der Waals surface area contributed by atoms with E-state index >= 15 is 0 Å². The maximum atomic E-state index is 13.4. The smallest absolute Gasteiger partial charge is 0.125 e. The summed E-state index contributed by atoms with van der Waals surface area (Å²) in [5.41, 5.74) is 10.1. The second-order valence-electron chi connectivity index (χ2n) is 4.89. The van der Waals surface area contributed by atoms with E-state index in [0.29, 0.717) is 6.54 Å². The van der Waals surface area contributed by atoms with Crippen LogP contribution in [-0.2, 0) is 6.42 Å². The van der Waals surface area contributed by atoms with Crippen LogP contribution < -0.4 is 10.6 Å². The van der Waals surface area contributed by atoms with Crippen LogP contribution in [0.3, 0.4) is 0 Å². The fourth-order valence-corrected chi connectivity index (χ4v) is 2.47. The Balaban J connectivity index is 2.46. The van der Waals surface area contributed by atoms with Gasteiger partial charge in [-0.25, -0.2) is 4.39 Å². The lowest BCUT2D eigenvalue weighted by Gasteiger charge is -2.26. The van der Waals surface area contributed by atoms with E-state index in [9.17, 15) is 4.39 Å². The fraction of sp³-hybridized carbons (Fsp3) is 0.294. The van der Waals surface area contributed by atoms with Crippen molar-refractivity contribution in [2.45, 2.75) is 20.3 Å². The molecule has 2 nitrogen and oxygen atoms in total. The summed E-state index contributed by atoms with van der Waals surface area (Å²) in [7, 11) is 0. The number of anilines is 2. The Morgan fingerprint density at radius 1 is 1.15 bits per heavy atom. The van der Waals surface area contributed by atoms with Gasteiger partial charge in [0.25, 0.3) is 0 Å². The fourth-order valence-electron chi connectivity index (χ4n) is 2.47. The summed E-state index contributed by atoms with van der Waals surface area (Å²) >= 11 is 0. The minimum Gasteiger partial charge on any atom is -0.341 e. The van der Waals surface area contributed by atoms with Crippen molar-refractivity contribution >= 4 is 11.4 Å². The van der Waals surface area contributed by atoms with Gasteiger partial charge in [0.05, 0.1) is 0 Å². The molecule has 0 spiro atoms. The molecular weight excluding hydrogens is 251 g/mol. The summed E-state index contributed by atoms with van der Waals surface area (Å²) < 4.78 is 13.4. The minimum atomic E-state index is -0.214. The van der Waals surface area contributed by atoms with E-state index in [2.05, 4.69) is 36.9 Å². The molecule has 0 aliphatic carbocycles. The molecule has 0 aromatic heterocycles. The Morgan fingerprint density at radius 3 is 2.60 bits per heavy atom. The highest BCUT2D eigenvalue weighted by Gasteiger charge is 2.12. The molecule has 0 atom stereocenters. The highest BCUT2D eigenvalue weighted by atomic mass is 19.1. The van der Waals surface area contributed by atoms with Gasteiger partial charge in [-0.05, 0) is 56.6 Å². The number of hydrogen-bond acceptors (Lipinski definition) is 2. The first-order valence-electron chi connectivity index (χ1n) is 6.98. The second kappa shape index (κ2) is 6.53. The Bertz CT molecular complexity index is 581. The Labute approximate surface area is 120 Å². The number of nitrogens with two attached hydrogens (primary N) is 1. The van der Waals surface area contributed by atoms with E-state index in [1.54, 1.807) is 12.1 Å². The van der Waals surface area contributed by atoms with Crippen LogP contribution in [0.15, 0.2) is 42.5 Å². The molecule has 0 unspecified atom stereocenters. The SMILES string of the molecule is CCN(c1cccc(F)c1)c1ccc(C)cc1CCN. The lowest BCUT2D eigenvalue weighted by atomic mass is 10.0. The van der Waals surface area contributed by atoms with Gasteiger partial charge in [-0.3, -0.25) is 0 Å². The van der Waals surface area contributed by atoms with Gasteiger partial charge in [0.2, 0.25) is 0 Å². The van der Waals surface area contributed by atoms with Crippen molar-refractivity contribution in [3.05, 3.63) is 59.4 Å². The van der Waals surface area contributed by atoms with Crippen LogP contribution in [0.4, 0.5) is 15.8 Å². The molecule has 0 amide bonds. The van der Waals surface area contributed by atoms with Crippen molar-refractivity contribution in [1.82, 2.24) is 0 Å². The highest BCUT2D eigenvalue weighted by Crippen LogP contribution is 2.29. The van der Waals surface area contributed by atoms with Crippen molar-refractivity contribution in [2.75, 3.05) is 18.0 Å². The summed E-state index contributed by atoms with van der Waals surface area (Å²) in [4.78, 5) is 2.12. The first-order valence-corrected chi connectivity index (χ1v) is 6.98. The van der Waals surface area contributed by atoms with Gasteiger partial charge in [0, 0.05) is 17.9 Å². The van der Waals surface area contributed by atoms with E-state index in [-0.39, 0.29) is 5.82 Å². The van der Waals surface area contributed by atoms with Crippen molar-refractivity contribution < 1.29 is 4.39 Å². The van der Waals surface area contributed by atoms with Gasteiger partial charge in [0.1, 0.15) is 5.82 Å². The van der Waals surface area contributed by atoms with Gasteiger partial charge >= 0.3 is 0 Å². The average Bonchev–Trinajstić information content (AvgIpc) is 2.42. The number of halogens is 1. The maximum absolute atomic E-state index is 13.4. The molecule has 2 aromatic carbocycles. The Hall–Kier alpha value is -1.87. The molecule has 3 heteroatoms. The largest absolute Gasteiger partial charge is 0.341 e. The summed E-state index contributed by atoms with van der Waals surface area (Å²) in [6.07, 6.45) is 0.822. The third-order valence-electron chi connectivity index (χ3n) is 3.38. The van der Waals surface area contributed by atoms with Crippen molar-refractivity contribution in [1.29, 1.82) is 0 Å². The zero-order valence-electron chi connectivity index (χ0n) is 12.1. The molecule has 0 bridgehead atoms. The van der Waals surface area contributed by atoms with Gasteiger partial charge in [-0.2, -0.15) is 0 Å². The summed E-state index contributed by atoms with van der Waals surface area (Å²) in [6, 6.07) is 13.0. The van der Waals surface area contributed by atoms with E-state index in [0.717, 1.165) is 24.3 Å². The number of benzene rings is 2. The molecule has 0 aliphatic heterocycles. The van der Waals surface area contributed by atoms with Crippen LogP contribution in [0.1, 0.15) is 18.1 Å². The van der Waals surface area contributed by atoms with Gasteiger partial charge in [0.15, 0.2) is 0 Å². The summed E-state index contributed by atoms with van der Waals surface area (Å²) in [5, 5.41) is 0. The lowest BCUT2D eigenvalue weighted by Crippen LogP contribution is -2.19. The molecular formula is C17H21FN2. The number of hydrogen-bond donors (Lipinski definition) is 1. The van der Waals surface area contributed by atoms with Crippen molar-refractivity contribution in [3.8, 4) is 0 Å². The lowest BCUT2D eigenvalue weighted by molar-refractivity contribution is 0.627. The standard InChI is InChI=1S/C17H21FN2/c1-3-20(16-6-4-5-15(18)12-16)17-8-7-13(2)11-14(17)9-10-19/h4-8,11-12H,3,9-10,19H2,1-2H3. The van der Waals surface area contributed by atoms with E-state index in [1.165, 1.54) is 17.2 Å². The van der Waals surface area contributed by atoms with Crippen molar-refractivity contribution in [3.63, 3.8) is 0 Å². The molecule has 0 saturated heterocycles. The Morgan fingerprint density at radius 2 is 1.95 bits per heavy atom. The van der Waals surface area contributed by atoms with E-state index in [1.807, 2.05) is 6.07 Å². The minimum absolute atomic E-state index is 0.214. The molecule has 0 heterocycles. The van der Waals surface area contributed by atoms with Crippen LogP contribution in [0.2, 0.25) is 0 Å². The average molecular weight is 272 g/mol. The summed E-state index contributed by atoms with van der Waals surface area (Å²) in [6.45, 7) is 5.53. The molecule has 20 heavy (non-hydrogen) atoms. The predicted molar refractivity (Wildman–Crippen MR) is 83.0 cm³/mol. The molecule has 0 saturated carbocycles. The zero-order valence-corrected chi connectivity index (χ0v) is 12.1. The van der Waals surface area contributed by atoms with Crippen LogP contribution in [0, 0.1) is 12.7 Å². The number of aryl methyl sites for hydroxylation is 1. The molecule has 0 radical (unpaired) electrons. The van der Waals surface area contributed by atoms with Crippen LogP contribution >= 0.6 is 0 Å². The van der Waals surface area contributed by atoms with Crippen molar-refractivity contribution in [2.24, 2.45) is 5.73 Å². The molecule has 106 valence electrons. The van der Waals surface area contributed by atoms with Crippen LogP contribution in [0.25, 0.3) is 0 Å². The maximum Gasteiger partial charge on any atom is 0.125 e. The molecule has 0 aliphatic rings. The second-order valence-corrected chi connectivity index (χ2v) is 4.89. The summed E-state index contributed by atoms with van der Waals surface area (Å²) in [5.74, 6) is -0.214. The Kier molecular flexibility index (Phi) is 4.74. The molecule has 2 N–H and O–H groups in total. The van der Waals surface area contributed by atoms with E-state index < -0.39 is 0 Å². The topological polar surface area (TPSA) is 29.3 Å². The highest BCUT2D eigenvalue weighted by molar-refractivity contribution is 5.67. The quantitative estimate of drug-likeness (QED) is 0.897. The first-order chi connectivity index (χ1) is 9.65. The third kappa shape index (κ3) is 3.17. The first kappa shape index (κ1) is 14.5. The molecule has 2 rings (SSSR count). The molecule has 2 aromatic rings. The van der Waals surface area contributed by atoms with Gasteiger partial charge in [-0.15, -0.1) is 0 Å². The van der Waals surface area contributed by atoms with Crippen LogP contribution in [-0.4, -0.2) is 13.1 Å². The number of nitrogens with zero attached hydrogens (tertiary/aromatic N) is 1. The predicted octanol–water partition coefficient (Wildman–Crippen LogP) is 3.79. The monoisotopic (exact) mass is 272 g/mol. The normalized spacial score (nSPS) is 10.6. The van der Waals surface area contributed by atoms with Crippen LogP contribution in [0.5, 0.6) is 0 Å². The zero-order chi connectivity index (χ0) is 14.5. The van der Waals surface area contributed by atoms with E-state index in [4.69, 9.17) is 5.73 Å². The molecule has 0 fully saturated rings.